The molecule has 1 fully saturated rings. The molecule has 5 nitrogen and oxygen atoms in total. The summed E-state index contributed by atoms with van der Waals surface area (Å²) in [6, 6.07) is 19.2. The van der Waals surface area contributed by atoms with Crippen molar-refractivity contribution in [3.05, 3.63) is 77.5 Å². The van der Waals surface area contributed by atoms with Crippen molar-refractivity contribution in [1.29, 1.82) is 0 Å². The molecule has 2 aromatic rings. The maximum atomic E-state index is 13.3. The molecule has 0 N–H and O–H groups in total. The van der Waals surface area contributed by atoms with Crippen molar-refractivity contribution in [2.75, 3.05) is 32.7 Å². The SMILES string of the molecule is CCN1CCN(C2=C(c3ccccc3)C(=O)N(Cc3ccccc3)C2=O)CC1. The number of likely N-dealkylation sites (N-methyl/N-ethyl adjacent to an activating group) is 1. The van der Waals surface area contributed by atoms with Crippen molar-refractivity contribution in [3.8, 4) is 0 Å². The highest BCUT2D eigenvalue weighted by Crippen LogP contribution is 2.33. The number of piperazine rings is 1. The second-order valence-electron chi connectivity index (χ2n) is 7.19. The van der Waals surface area contributed by atoms with Crippen LogP contribution in [-0.2, 0) is 16.1 Å². The molecule has 0 spiro atoms. The van der Waals surface area contributed by atoms with E-state index in [0.717, 1.165) is 43.9 Å². The van der Waals surface area contributed by atoms with Gasteiger partial charge in [0.15, 0.2) is 0 Å². The minimum Gasteiger partial charge on any atom is -0.364 e. The van der Waals surface area contributed by atoms with Crippen LogP contribution in [0.15, 0.2) is 66.4 Å². The van der Waals surface area contributed by atoms with Crippen LogP contribution in [0.5, 0.6) is 0 Å². The van der Waals surface area contributed by atoms with E-state index >= 15 is 0 Å². The van der Waals surface area contributed by atoms with Crippen LogP contribution in [0.25, 0.3) is 5.57 Å². The molecular formula is C23H25N3O2. The van der Waals surface area contributed by atoms with Gasteiger partial charge in [0.05, 0.1) is 12.1 Å². The number of hydrogen-bond acceptors (Lipinski definition) is 4. The van der Waals surface area contributed by atoms with Gasteiger partial charge in [-0.25, -0.2) is 0 Å². The third-order valence-corrected chi connectivity index (χ3v) is 5.53. The third kappa shape index (κ3) is 3.45. The molecule has 5 heteroatoms. The van der Waals surface area contributed by atoms with Crippen LogP contribution in [0.1, 0.15) is 18.1 Å². The van der Waals surface area contributed by atoms with E-state index in [1.165, 1.54) is 4.90 Å². The Morgan fingerprint density at radius 1 is 0.786 bits per heavy atom. The minimum absolute atomic E-state index is 0.183. The molecule has 4 rings (SSSR count). The Balaban J connectivity index is 1.69. The standard InChI is InChI=1S/C23H25N3O2/c1-2-24-13-15-25(16-14-24)21-20(19-11-7-4-8-12-19)22(27)26(23(21)28)17-18-9-5-3-6-10-18/h3-12H,2,13-17H2,1H3. The first-order chi connectivity index (χ1) is 13.7. The van der Waals surface area contributed by atoms with E-state index in [2.05, 4.69) is 16.7 Å². The molecule has 0 bridgehead atoms. The van der Waals surface area contributed by atoms with E-state index in [4.69, 9.17) is 0 Å². The van der Waals surface area contributed by atoms with Crippen molar-refractivity contribution >= 4 is 17.4 Å². The largest absolute Gasteiger partial charge is 0.364 e. The van der Waals surface area contributed by atoms with Crippen molar-refractivity contribution < 1.29 is 9.59 Å². The van der Waals surface area contributed by atoms with Crippen molar-refractivity contribution in [3.63, 3.8) is 0 Å². The Morgan fingerprint density at radius 2 is 1.39 bits per heavy atom. The Labute approximate surface area is 165 Å². The van der Waals surface area contributed by atoms with Crippen LogP contribution in [0.2, 0.25) is 0 Å². The summed E-state index contributed by atoms with van der Waals surface area (Å²) in [4.78, 5) is 32.5. The van der Waals surface area contributed by atoms with E-state index in [1.54, 1.807) is 0 Å². The van der Waals surface area contributed by atoms with Gasteiger partial charge in [-0.3, -0.25) is 14.5 Å². The first-order valence-electron chi connectivity index (χ1n) is 9.86. The average Bonchev–Trinajstić information content (AvgIpc) is 3.00. The Kier molecular flexibility index (Phi) is 5.26. The van der Waals surface area contributed by atoms with Gasteiger partial charge >= 0.3 is 0 Å². The summed E-state index contributed by atoms with van der Waals surface area (Å²) in [5, 5.41) is 0. The summed E-state index contributed by atoms with van der Waals surface area (Å²) in [5.41, 5.74) is 2.85. The quantitative estimate of drug-likeness (QED) is 0.754. The summed E-state index contributed by atoms with van der Waals surface area (Å²) in [6.45, 7) is 6.79. The summed E-state index contributed by atoms with van der Waals surface area (Å²) in [7, 11) is 0. The number of benzene rings is 2. The van der Waals surface area contributed by atoms with Crippen molar-refractivity contribution in [2.45, 2.75) is 13.5 Å². The number of rotatable bonds is 5. The monoisotopic (exact) mass is 375 g/mol. The zero-order valence-corrected chi connectivity index (χ0v) is 16.2. The smallest absolute Gasteiger partial charge is 0.278 e. The minimum atomic E-state index is -0.201. The molecule has 144 valence electrons. The Hall–Kier alpha value is -2.92. The van der Waals surface area contributed by atoms with Gasteiger partial charge < -0.3 is 9.80 Å². The summed E-state index contributed by atoms with van der Waals surface area (Å²) in [6.07, 6.45) is 0. The highest BCUT2D eigenvalue weighted by atomic mass is 16.2. The van der Waals surface area contributed by atoms with Gasteiger partial charge in [0.2, 0.25) is 0 Å². The van der Waals surface area contributed by atoms with Gasteiger partial charge in [0.1, 0.15) is 5.70 Å². The molecular weight excluding hydrogens is 350 g/mol. The van der Waals surface area contributed by atoms with Crippen LogP contribution < -0.4 is 0 Å². The van der Waals surface area contributed by atoms with E-state index < -0.39 is 0 Å². The summed E-state index contributed by atoms with van der Waals surface area (Å²) >= 11 is 0. The van der Waals surface area contributed by atoms with Gasteiger partial charge in [0, 0.05) is 26.2 Å². The lowest BCUT2D eigenvalue weighted by atomic mass is 10.0. The van der Waals surface area contributed by atoms with Gasteiger partial charge in [-0.2, -0.15) is 0 Å². The lowest BCUT2D eigenvalue weighted by molar-refractivity contribution is -0.138. The van der Waals surface area contributed by atoms with Gasteiger partial charge in [-0.1, -0.05) is 67.6 Å². The topological polar surface area (TPSA) is 43.9 Å². The van der Waals surface area contributed by atoms with Crippen molar-refractivity contribution in [2.24, 2.45) is 0 Å². The average molecular weight is 375 g/mol. The lowest BCUT2D eigenvalue weighted by Gasteiger charge is -2.36. The number of imide groups is 1. The fourth-order valence-electron chi connectivity index (χ4n) is 3.92. The van der Waals surface area contributed by atoms with E-state index in [9.17, 15) is 9.59 Å². The molecule has 1 saturated heterocycles. The van der Waals surface area contributed by atoms with Gasteiger partial charge in [0.25, 0.3) is 11.8 Å². The van der Waals surface area contributed by atoms with E-state index in [1.807, 2.05) is 60.7 Å². The number of nitrogens with zero attached hydrogens (tertiary/aromatic N) is 3. The fraction of sp³-hybridized carbons (Fsp3) is 0.304. The number of carbonyl (C=O) groups excluding carboxylic acids is 2. The molecule has 2 aromatic carbocycles. The second-order valence-corrected chi connectivity index (χ2v) is 7.19. The Bertz CT molecular complexity index is 885. The van der Waals surface area contributed by atoms with E-state index in [-0.39, 0.29) is 11.8 Å². The third-order valence-electron chi connectivity index (χ3n) is 5.53. The lowest BCUT2D eigenvalue weighted by Crippen LogP contribution is -2.47. The molecule has 0 saturated carbocycles. The molecule has 0 aliphatic carbocycles. The van der Waals surface area contributed by atoms with Crippen LogP contribution in [-0.4, -0.2) is 59.2 Å². The van der Waals surface area contributed by atoms with Gasteiger partial charge in [-0.15, -0.1) is 0 Å². The predicted molar refractivity (Wildman–Crippen MR) is 109 cm³/mol. The maximum Gasteiger partial charge on any atom is 0.278 e. The molecule has 0 atom stereocenters. The summed E-state index contributed by atoms with van der Waals surface area (Å²) in [5.74, 6) is -0.384. The fourth-order valence-corrected chi connectivity index (χ4v) is 3.92. The number of hydrogen-bond donors (Lipinski definition) is 0. The van der Waals surface area contributed by atoms with Crippen LogP contribution >= 0.6 is 0 Å². The normalized spacial score (nSPS) is 18.3. The second kappa shape index (κ2) is 7.98. The predicted octanol–water partition coefficient (Wildman–Crippen LogP) is 2.60. The molecule has 2 amide bonds. The number of carbonyl (C=O) groups is 2. The van der Waals surface area contributed by atoms with Crippen molar-refractivity contribution in [1.82, 2.24) is 14.7 Å². The van der Waals surface area contributed by atoms with Crippen LogP contribution in [0.4, 0.5) is 0 Å². The molecule has 2 aliphatic heterocycles. The number of amides is 2. The summed E-state index contributed by atoms with van der Waals surface area (Å²) < 4.78 is 0. The first kappa shape index (κ1) is 18.4. The van der Waals surface area contributed by atoms with Gasteiger partial charge in [-0.05, 0) is 17.7 Å². The highest BCUT2D eigenvalue weighted by Gasteiger charge is 2.41. The molecule has 0 aromatic heterocycles. The Morgan fingerprint density at radius 3 is 2.00 bits per heavy atom. The molecule has 0 unspecified atom stereocenters. The van der Waals surface area contributed by atoms with Crippen LogP contribution in [0.3, 0.4) is 0 Å². The molecule has 0 radical (unpaired) electrons. The molecule has 2 aliphatic rings. The highest BCUT2D eigenvalue weighted by molar-refractivity contribution is 6.35. The molecule has 2 heterocycles. The first-order valence-corrected chi connectivity index (χ1v) is 9.86. The zero-order chi connectivity index (χ0) is 19.5. The maximum absolute atomic E-state index is 13.3. The van der Waals surface area contributed by atoms with Crippen LogP contribution in [0, 0.1) is 0 Å². The zero-order valence-electron chi connectivity index (χ0n) is 16.2. The van der Waals surface area contributed by atoms with E-state index in [0.29, 0.717) is 17.8 Å². The molecule has 28 heavy (non-hydrogen) atoms.